The second kappa shape index (κ2) is 4.18. The molecule has 0 aliphatic rings. The number of carbonyl (C=O) groups is 1. The van der Waals surface area contributed by atoms with Crippen molar-refractivity contribution >= 4 is 17.6 Å². The Morgan fingerprint density at radius 1 is 1.67 bits per heavy atom. The quantitative estimate of drug-likeness (QED) is 0.673. The Morgan fingerprint density at radius 3 is 2.53 bits per heavy atom. The van der Waals surface area contributed by atoms with Gasteiger partial charge in [0.1, 0.15) is 17.3 Å². The Hall–Kier alpha value is -1.11. The molecule has 2 atom stereocenters. The third-order valence-electron chi connectivity index (χ3n) is 2.12. The van der Waals surface area contributed by atoms with E-state index in [1.807, 2.05) is 0 Å². The van der Waals surface area contributed by atoms with Gasteiger partial charge in [0, 0.05) is 12.6 Å². The minimum atomic E-state index is -1.41. The van der Waals surface area contributed by atoms with Gasteiger partial charge in [-0.05, 0) is 6.92 Å². The topological polar surface area (TPSA) is 101 Å². The van der Waals surface area contributed by atoms with Gasteiger partial charge in [0.05, 0.1) is 5.69 Å². The maximum atomic E-state index is 10.6. The molecule has 1 rings (SSSR count). The Kier molecular flexibility index (Phi) is 3.33. The summed E-state index contributed by atoms with van der Waals surface area (Å²) in [6.45, 7) is 1.62. The summed E-state index contributed by atoms with van der Waals surface area (Å²) in [6.07, 6.45) is -1.36. The van der Waals surface area contributed by atoms with Crippen molar-refractivity contribution in [3.63, 3.8) is 0 Å². The number of aliphatic carboxylic acids is 1. The number of rotatable bonds is 3. The summed E-state index contributed by atoms with van der Waals surface area (Å²) in [5, 5.41) is 22.5. The van der Waals surface area contributed by atoms with Crippen LogP contribution in [-0.4, -0.2) is 32.0 Å². The predicted octanol–water partition coefficient (Wildman–Crippen LogP) is -0.173. The molecule has 0 fully saturated rings. The summed E-state index contributed by atoms with van der Waals surface area (Å²) >= 11 is 5.85. The van der Waals surface area contributed by atoms with Gasteiger partial charge in [0.25, 0.3) is 0 Å². The zero-order valence-corrected chi connectivity index (χ0v) is 9.06. The lowest BCUT2D eigenvalue weighted by molar-refractivity contribution is -0.141. The molecule has 4 N–H and O–H groups in total. The Morgan fingerprint density at radius 2 is 2.20 bits per heavy atom. The van der Waals surface area contributed by atoms with E-state index in [0.29, 0.717) is 5.69 Å². The van der Waals surface area contributed by atoms with Gasteiger partial charge >= 0.3 is 5.97 Å². The van der Waals surface area contributed by atoms with E-state index in [1.165, 1.54) is 4.68 Å². The van der Waals surface area contributed by atoms with E-state index in [1.54, 1.807) is 14.0 Å². The summed E-state index contributed by atoms with van der Waals surface area (Å²) in [4.78, 5) is 10.6. The Bertz CT molecular complexity index is 391. The summed E-state index contributed by atoms with van der Waals surface area (Å²) in [6, 6.07) is -1.41. The first-order valence-electron chi connectivity index (χ1n) is 4.21. The van der Waals surface area contributed by atoms with Crippen LogP contribution in [0.1, 0.15) is 17.4 Å². The molecular weight excluding hydrogens is 222 g/mol. The van der Waals surface area contributed by atoms with Crippen LogP contribution in [0.2, 0.25) is 5.15 Å². The third-order valence-corrected chi connectivity index (χ3v) is 2.57. The van der Waals surface area contributed by atoms with E-state index in [4.69, 9.17) is 22.4 Å². The molecular formula is C8H12ClN3O3. The second-order valence-corrected chi connectivity index (χ2v) is 3.58. The van der Waals surface area contributed by atoms with Gasteiger partial charge in [-0.3, -0.25) is 9.48 Å². The van der Waals surface area contributed by atoms with Crippen molar-refractivity contribution < 1.29 is 15.0 Å². The fraction of sp³-hybridized carbons (Fsp3) is 0.500. The number of aryl methyl sites for hydroxylation is 2. The van der Waals surface area contributed by atoms with Crippen molar-refractivity contribution in [3.05, 3.63) is 16.4 Å². The molecule has 0 saturated carbocycles. The van der Waals surface area contributed by atoms with Gasteiger partial charge in [0.2, 0.25) is 0 Å². The van der Waals surface area contributed by atoms with E-state index in [0.717, 1.165) is 0 Å². The van der Waals surface area contributed by atoms with Crippen molar-refractivity contribution in [3.8, 4) is 0 Å². The molecule has 1 aromatic heterocycles. The Balaban J connectivity index is 3.10. The van der Waals surface area contributed by atoms with Gasteiger partial charge in [-0.15, -0.1) is 0 Å². The zero-order chi connectivity index (χ0) is 11.7. The SMILES string of the molecule is Cc1nn(C)c(Cl)c1C(O)C(N)C(=O)O. The highest BCUT2D eigenvalue weighted by Gasteiger charge is 2.29. The van der Waals surface area contributed by atoms with Gasteiger partial charge < -0.3 is 15.9 Å². The first-order valence-corrected chi connectivity index (χ1v) is 4.59. The maximum Gasteiger partial charge on any atom is 0.323 e. The average Bonchev–Trinajstić information content (AvgIpc) is 2.39. The molecule has 1 heterocycles. The molecule has 0 aliphatic carbocycles. The minimum absolute atomic E-state index is 0.191. The zero-order valence-electron chi connectivity index (χ0n) is 8.31. The number of hydrogen-bond donors (Lipinski definition) is 3. The molecule has 0 saturated heterocycles. The van der Waals surface area contributed by atoms with Crippen molar-refractivity contribution in [2.24, 2.45) is 12.8 Å². The van der Waals surface area contributed by atoms with Crippen LogP contribution in [0.25, 0.3) is 0 Å². The van der Waals surface area contributed by atoms with E-state index in [2.05, 4.69) is 5.10 Å². The largest absolute Gasteiger partial charge is 0.480 e. The van der Waals surface area contributed by atoms with Crippen LogP contribution in [0.4, 0.5) is 0 Å². The molecule has 15 heavy (non-hydrogen) atoms. The van der Waals surface area contributed by atoms with Crippen molar-refractivity contribution in [2.45, 2.75) is 19.1 Å². The number of nitrogens with two attached hydrogens (primary N) is 1. The predicted molar refractivity (Wildman–Crippen MR) is 53.5 cm³/mol. The highest BCUT2D eigenvalue weighted by atomic mass is 35.5. The van der Waals surface area contributed by atoms with E-state index in [9.17, 15) is 9.90 Å². The van der Waals surface area contributed by atoms with Crippen LogP contribution in [0.3, 0.4) is 0 Å². The van der Waals surface area contributed by atoms with Crippen LogP contribution < -0.4 is 5.73 Å². The molecule has 0 aromatic carbocycles. The van der Waals surface area contributed by atoms with Gasteiger partial charge in [-0.1, -0.05) is 11.6 Å². The van der Waals surface area contributed by atoms with Gasteiger partial charge in [-0.2, -0.15) is 5.10 Å². The standard InChI is InChI=1S/C8H12ClN3O3/c1-3-4(7(9)12(2)11-3)6(13)5(10)8(14)15/h5-6,13H,10H2,1-2H3,(H,14,15). The number of aliphatic hydroxyl groups is 1. The first kappa shape index (κ1) is 12.0. The molecule has 6 nitrogen and oxygen atoms in total. The average molecular weight is 234 g/mol. The number of aromatic nitrogens is 2. The number of aliphatic hydroxyl groups excluding tert-OH is 1. The molecule has 0 amide bonds. The fourth-order valence-electron chi connectivity index (χ4n) is 1.30. The molecule has 84 valence electrons. The molecule has 0 spiro atoms. The lowest BCUT2D eigenvalue weighted by atomic mass is 10.0. The van der Waals surface area contributed by atoms with Crippen LogP contribution in [0.15, 0.2) is 0 Å². The smallest absolute Gasteiger partial charge is 0.323 e. The molecule has 0 aliphatic heterocycles. The Labute approximate surface area is 91.3 Å². The van der Waals surface area contributed by atoms with Gasteiger partial charge in [0.15, 0.2) is 0 Å². The first-order chi connectivity index (χ1) is 6.86. The lowest BCUT2D eigenvalue weighted by Crippen LogP contribution is -2.36. The van der Waals surface area contributed by atoms with E-state index in [-0.39, 0.29) is 10.7 Å². The number of halogens is 1. The van der Waals surface area contributed by atoms with Gasteiger partial charge in [-0.25, -0.2) is 0 Å². The summed E-state index contributed by atoms with van der Waals surface area (Å²) < 4.78 is 1.35. The number of hydrogen-bond acceptors (Lipinski definition) is 4. The van der Waals surface area contributed by atoms with Crippen LogP contribution in [-0.2, 0) is 11.8 Å². The third kappa shape index (κ3) is 2.11. The maximum absolute atomic E-state index is 10.6. The van der Waals surface area contributed by atoms with Crippen LogP contribution in [0.5, 0.6) is 0 Å². The summed E-state index contributed by atoms with van der Waals surface area (Å²) in [7, 11) is 1.60. The molecule has 0 radical (unpaired) electrons. The monoisotopic (exact) mass is 233 g/mol. The highest BCUT2D eigenvalue weighted by molar-refractivity contribution is 6.30. The fourth-order valence-corrected chi connectivity index (χ4v) is 1.58. The summed E-state index contributed by atoms with van der Waals surface area (Å²) in [5.74, 6) is -1.29. The highest BCUT2D eigenvalue weighted by Crippen LogP contribution is 2.27. The number of nitrogens with zero attached hydrogens (tertiary/aromatic N) is 2. The lowest BCUT2D eigenvalue weighted by Gasteiger charge is -2.14. The second-order valence-electron chi connectivity index (χ2n) is 3.22. The molecule has 7 heteroatoms. The molecule has 1 aromatic rings. The molecule has 0 bridgehead atoms. The number of carboxylic acid groups (broad SMARTS) is 1. The van der Waals surface area contributed by atoms with E-state index < -0.39 is 18.1 Å². The van der Waals surface area contributed by atoms with Crippen molar-refractivity contribution in [2.75, 3.05) is 0 Å². The van der Waals surface area contributed by atoms with E-state index >= 15 is 0 Å². The normalized spacial score (nSPS) is 15.0. The van der Waals surface area contributed by atoms with Crippen molar-refractivity contribution in [1.82, 2.24) is 9.78 Å². The van der Waals surface area contributed by atoms with Crippen molar-refractivity contribution in [1.29, 1.82) is 0 Å². The minimum Gasteiger partial charge on any atom is -0.480 e. The molecule has 2 unspecified atom stereocenters. The van der Waals surface area contributed by atoms with Crippen LogP contribution in [0, 0.1) is 6.92 Å². The number of carboxylic acids is 1. The summed E-state index contributed by atoms with van der Waals surface area (Å²) in [5.41, 5.74) is 6.02. The van der Waals surface area contributed by atoms with Crippen LogP contribution >= 0.6 is 11.6 Å².